The van der Waals surface area contributed by atoms with Crippen molar-refractivity contribution in [3.8, 4) is 17.2 Å². The Hall–Kier alpha value is -3.06. The van der Waals surface area contributed by atoms with E-state index in [4.69, 9.17) is 37.4 Å². The van der Waals surface area contributed by atoms with Crippen LogP contribution in [0.1, 0.15) is 25.0 Å². The van der Waals surface area contributed by atoms with Crippen LogP contribution >= 0.6 is 23.2 Å². The van der Waals surface area contributed by atoms with Crippen molar-refractivity contribution in [2.75, 3.05) is 56.1 Å². The third-order valence-corrected chi connectivity index (χ3v) is 9.54. The largest absolute Gasteiger partial charge is 0.495 e. The summed E-state index contributed by atoms with van der Waals surface area (Å²) in [5.74, 6) is 1.34. The van der Waals surface area contributed by atoms with Gasteiger partial charge in [0, 0.05) is 55.8 Å². The summed E-state index contributed by atoms with van der Waals surface area (Å²) in [6, 6.07) is 11.0. The average molecular weight is 675 g/mol. The van der Waals surface area contributed by atoms with Gasteiger partial charge >= 0.3 is 6.18 Å². The number of methoxy groups -OCH3 is 1. The number of halogens is 5. The Bertz CT molecular complexity index is 1650. The minimum Gasteiger partial charge on any atom is -0.495 e. The Morgan fingerprint density at radius 3 is 2.41 bits per heavy atom. The second-order valence-electron chi connectivity index (χ2n) is 11.2. The molecule has 44 heavy (non-hydrogen) atoms. The van der Waals surface area contributed by atoms with E-state index in [1.807, 2.05) is 18.7 Å². The average Bonchev–Trinajstić information content (AvgIpc) is 3.27. The molecule has 0 amide bonds. The fourth-order valence-corrected chi connectivity index (χ4v) is 7.15. The van der Waals surface area contributed by atoms with Gasteiger partial charge in [-0.15, -0.1) is 0 Å². The van der Waals surface area contributed by atoms with Crippen LogP contribution in [0, 0.1) is 0 Å². The number of anilines is 2. The van der Waals surface area contributed by atoms with Crippen molar-refractivity contribution in [2.24, 2.45) is 0 Å². The standard InChI is InChI=1S/C30H32Cl2F3N3O5S/c1-29(2)18-19-14-22(36-44(39,40)27-16-21(31)5-6-23(27)32)17-26(28(19)43-29)42-13-12-37-8-10-38(11-9-37)24-15-20(30(33,34)35)4-7-25(24)41-3/h4-7,14-17,36H,8-13,18H2,1-3H3. The van der Waals surface area contributed by atoms with E-state index in [0.29, 0.717) is 67.8 Å². The molecule has 0 bridgehead atoms. The Balaban J connectivity index is 1.26. The third-order valence-electron chi connectivity index (χ3n) is 7.45. The Labute approximate surface area is 264 Å². The summed E-state index contributed by atoms with van der Waals surface area (Å²) in [6.07, 6.45) is -3.90. The van der Waals surface area contributed by atoms with Crippen LogP contribution < -0.4 is 23.8 Å². The molecule has 1 fully saturated rings. The molecule has 2 aliphatic rings. The van der Waals surface area contributed by atoms with Crippen molar-refractivity contribution < 1.29 is 35.8 Å². The summed E-state index contributed by atoms with van der Waals surface area (Å²) >= 11 is 12.2. The lowest BCUT2D eigenvalue weighted by Crippen LogP contribution is -2.47. The molecule has 3 aromatic carbocycles. The quantitative estimate of drug-likeness (QED) is 0.270. The maximum Gasteiger partial charge on any atom is 0.416 e. The second-order valence-corrected chi connectivity index (χ2v) is 13.7. The molecule has 1 saturated heterocycles. The first-order valence-electron chi connectivity index (χ1n) is 13.8. The lowest BCUT2D eigenvalue weighted by atomic mass is 10.0. The first kappa shape index (κ1) is 32.3. The number of rotatable bonds is 9. The lowest BCUT2D eigenvalue weighted by molar-refractivity contribution is -0.137. The first-order chi connectivity index (χ1) is 20.6. The molecular formula is C30H32Cl2F3N3O5S. The highest BCUT2D eigenvalue weighted by atomic mass is 35.5. The number of fused-ring (bicyclic) bond motifs is 1. The molecule has 238 valence electrons. The van der Waals surface area contributed by atoms with Crippen LogP contribution in [-0.4, -0.2) is 65.4 Å². The zero-order chi connectivity index (χ0) is 31.9. The van der Waals surface area contributed by atoms with Gasteiger partial charge in [-0.05, 0) is 56.3 Å². The molecule has 14 heteroatoms. The molecular weight excluding hydrogens is 642 g/mol. The third kappa shape index (κ3) is 7.25. The van der Waals surface area contributed by atoms with E-state index in [-0.39, 0.29) is 21.5 Å². The predicted molar refractivity (Wildman–Crippen MR) is 164 cm³/mol. The number of ether oxygens (including phenoxy) is 3. The molecule has 0 aromatic heterocycles. The summed E-state index contributed by atoms with van der Waals surface area (Å²) in [7, 11) is -2.62. The van der Waals surface area contributed by atoms with E-state index in [0.717, 1.165) is 17.7 Å². The highest BCUT2D eigenvalue weighted by Crippen LogP contribution is 2.44. The van der Waals surface area contributed by atoms with Crippen LogP contribution in [0.5, 0.6) is 17.2 Å². The minimum absolute atomic E-state index is 0.0376. The number of nitrogens with one attached hydrogen (secondary N) is 1. The fourth-order valence-electron chi connectivity index (χ4n) is 5.35. The van der Waals surface area contributed by atoms with Crippen LogP contribution in [0.15, 0.2) is 53.4 Å². The molecule has 0 saturated carbocycles. The molecule has 2 aliphatic heterocycles. The number of piperazine rings is 1. The number of alkyl halides is 3. The first-order valence-corrected chi connectivity index (χ1v) is 16.1. The van der Waals surface area contributed by atoms with E-state index in [9.17, 15) is 21.6 Å². The van der Waals surface area contributed by atoms with E-state index >= 15 is 0 Å². The molecule has 5 rings (SSSR count). The Morgan fingerprint density at radius 2 is 1.73 bits per heavy atom. The van der Waals surface area contributed by atoms with Gasteiger partial charge in [-0.3, -0.25) is 9.62 Å². The van der Waals surface area contributed by atoms with Gasteiger partial charge < -0.3 is 19.1 Å². The van der Waals surface area contributed by atoms with Gasteiger partial charge in [0.15, 0.2) is 11.5 Å². The van der Waals surface area contributed by atoms with E-state index in [1.54, 1.807) is 12.1 Å². The van der Waals surface area contributed by atoms with Gasteiger partial charge in [-0.1, -0.05) is 23.2 Å². The number of nitrogens with zero attached hydrogens (tertiary/aromatic N) is 2. The maximum atomic E-state index is 13.3. The molecule has 3 aromatic rings. The zero-order valence-electron chi connectivity index (χ0n) is 24.3. The SMILES string of the molecule is COc1ccc(C(F)(F)F)cc1N1CCN(CCOc2cc(NS(=O)(=O)c3cc(Cl)ccc3Cl)cc3c2OC(C)(C)C3)CC1. The lowest BCUT2D eigenvalue weighted by Gasteiger charge is -2.36. The van der Waals surface area contributed by atoms with Gasteiger partial charge in [0.05, 0.1) is 29.1 Å². The number of hydrogen-bond acceptors (Lipinski definition) is 7. The molecule has 1 N–H and O–H groups in total. The van der Waals surface area contributed by atoms with E-state index in [2.05, 4.69) is 9.62 Å². The van der Waals surface area contributed by atoms with Crippen molar-refractivity contribution >= 4 is 44.6 Å². The molecule has 0 atom stereocenters. The van der Waals surface area contributed by atoms with Crippen LogP contribution in [-0.2, 0) is 22.6 Å². The van der Waals surface area contributed by atoms with Crippen molar-refractivity contribution in [3.05, 3.63) is 69.7 Å². The topological polar surface area (TPSA) is 80.3 Å². The molecule has 0 aliphatic carbocycles. The van der Waals surface area contributed by atoms with Crippen molar-refractivity contribution in [1.29, 1.82) is 0 Å². The maximum absolute atomic E-state index is 13.3. The molecule has 0 spiro atoms. The predicted octanol–water partition coefficient (Wildman–Crippen LogP) is 6.74. The monoisotopic (exact) mass is 673 g/mol. The Kier molecular flexibility index (Phi) is 9.10. The van der Waals surface area contributed by atoms with Crippen molar-refractivity contribution in [2.45, 2.75) is 36.9 Å². The minimum atomic E-state index is -4.45. The molecule has 0 unspecified atom stereocenters. The van der Waals surface area contributed by atoms with Crippen LogP contribution in [0.25, 0.3) is 0 Å². The molecule has 8 nitrogen and oxygen atoms in total. The summed E-state index contributed by atoms with van der Waals surface area (Å²) in [5, 5.41) is 0.272. The zero-order valence-corrected chi connectivity index (χ0v) is 26.6. The van der Waals surface area contributed by atoms with E-state index < -0.39 is 27.4 Å². The van der Waals surface area contributed by atoms with Gasteiger partial charge in [-0.25, -0.2) is 8.42 Å². The second kappa shape index (κ2) is 12.4. The number of benzene rings is 3. The highest BCUT2D eigenvalue weighted by Gasteiger charge is 2.34. The van der Waals surface area contributed by atoms with Crippen molar-refractivity contribution in [1.82, 2.24) is 4.90 Å². The summed E-state index contributed by atoms with van der Waals surface area (Å²) in [5.41, 5.74) is 0.273. The fraction of sp³-hybridized carbons (Fsp3) is 0.400. The highest BCUT2D eigenvalue weighted by molar-refractivity contribution is 7.92. The molecule has 0 radical (unpaired) electrons. The Morgan fingerprint density at radius 1 is 1.00 bits per heavy atom. The number of hydrogen-bond donors (Lipinski definition) is 1. The van der Waals surface area contributed by atoms with Gasteiger partial charge in [0.2, 0.25) is 0 Å². The normalized spacial score (nSPS) is 16.8. The van der Waals surface area contributed by atoms with E-state index in [1.165, 1.54) is 31.4 Å². The summed E-state index contributed by atoms with van der Waals surface area (Å²) in [4.78, 5) is 3.89. The smallest absolute Gasteiger partial charge is 0.416 e. The van der Waals surface area contributed by atoms with Gasteiger partial charge in [0.25, 0.3) is 10.0 Å². The van der Waals surface area contributed by atoms with Crippen LogP contribution in [0.4, 0.5) is 24.5 Å². The summed E-state index contributed by atoms with van der Waals surface area (Å²) in [6.45, 7) is 6.91. The number of sulfonamides is 1. The van der Waals surface area contributed by atoms with Crippen LogP contribution in [0.2, 0.25) is 10.0 Å². The van der Waals surface area contributed by atoms with Crippen LogP contribution in [0.3, 0.4) is 0 Å². The van der Waals surface area contributed by atoms with Gasteiger partial charge in [-0.2, -0.15) is 13.2 Å². The summed E-state index contributed by atoms with van der Waals surface area (Å²) < 4.78 is 86.5. The van der Waals surface area contributed by atoms with Crippen molar-refractivity contribution in [3.63, 3.8) is 0 Å². The van der Waals surface area contributed by atoms with Gasteiger partial charge in [0.1, 0.15) is 22.9 Å². The molecule has 2 heterocycles.